The van der Waals surface area contributed by atoms with Crippen molar-refractivity contribution in [2.75, 3.05) is 13.6 Å². The van der Waals surface area contributed by atoms with Gasteiger partial charge in [-0.3, -0.25) is 14.4 Å². The molecule has 1 aliphatic heterocycles. The van der Waals surface area contributed by atoms with Gasteiger partial charge in [-0.25, -0.2) is 4.79 Å². The molecule has 4 N–H and O–H groups in total. The Morgan fingerprint density at radius 2 is 1.86 bits per heavy atom. The van der Waals surface area contributed by atoms with Crippen LogP contribution in [0.15, 0.2) is 24.3 Å². The van der Waals surface area contributed by atoms with Crippen LogP contribution in [0.3, 0.4) is 0 Å². The molecular formula is C21H34N4O4. The molecule has 0 radical (unpaired) electrons. The number of hydrogen-bond acceptors (Lipinski definition) is 4. The van der Waals surface area contributed by atoms with Crippen LogP contribution in [0, 0.1) is 17.8 Å². The second-order valence-electron chi connectivity index (χ2n) is 7.87. The van der Waals surface area contributed by atoms with E-state index >= 15 is 0 Å². The van der Waals surface area contributed by atoms with E-state index in [0.717, 1.165) is 0 Å². The van der Waals surface area contributed by atoms with Gasteiger partial charge in [0.1, 0.15) is 0 Å². The van der Waals surface area contributed by atoms with Crippen molar-refractivity contribution in [1.82, 2.24) is 21.3 Å². The number of amides is 4. The number of rotatable bonds is 6. The Bertz CT molecular complexity index is 655. The number of urea groups is 1. The number of Topliss-reactive ketones (excluding diaryl/α,β-unsaturated/α-hetero) is 1. The van der Waals surface area contributed by atoms with Gasteiger partial charge >= 0.3 is 6.03 Å². The van der Waals surface area contributed by atoms with E-state index in [2.05, 4.69) is 21.3 Å². The molecule has 8 nitrogen and oxygen atoms in total. The van der Waals surface area contributed by atoms with E-state index in [-0.39, 0.29) is 41.9 Å². The third kappa shape index (κ3) is 8.50. The lowest BCUT2D eigenvalue weighted by Crippen LogP contribution is -2.49. The molecule has 0 fully saturated rings. The number of nitrogens with one attached hydrogen (secondary N) is 4. The highest BCUT2D eigenvalue weighted by Gasteiger charge is 2.29. The molecule has 1 heterocycles. The Morgan fingerprint density at radius 1 is 1.17 bits per heavy atom. The fourth-order valence-electron chi connectivity index (χ4n) is 2.92. The molecule has 0 unspecified atom stereocenters. The maximum atomic E-state index is 12.9. The van der Waals surface area contributed by atoms with Crippen LogP contribution in [0.1, 0.15) is 40.5 Å². The van der Waals surface area contributed by atoms with Crippen molar-refractivity contribution in [3.8, 4) is 0 Å². The fraction of sp³-hybridized carbons (Fsp3) is 0.619. The molecule has 162 valence electrons. The van der Waals surface area contributed by atoms with E-state index < -0.39 is 18.0 Å². The van der Waals surface area contributed by atoms with Gasteiger partial charge in [-0.15, -0.1) is 0 Å². The molecule has 1 aliphatic rings. The van der Waals surface area contributed by atoms with Crippen LogP contribution < -0.4 is 21.3 Å². The Balaban J connectivity index is 3.01. The van der Waals surface area contributed by atoms with Crippen LogP contribution >= 0.6 is 0 Å². The van der Waals surface area contributed by atoms with Crippen LogP contribution in [0.4, 0.5) is 4.79 Å². The van der Waals surface area contributed by atoms with E-state index in [1.54, 1.807) is 18.2 Å². The maximum Gasteiger partial charge on any atom is 0.315 e. The molecule has 0 spiro atoms. The van der Waals surface area contributed by atoms with E-state index in [9.17, 15) is 19.2 Å². The molecule has 3 atom stereocenters. The van der Waals surface area contributed by atoms with Gasteiger partial charge in [0.05, 0.1) is 12.0 Å². The summed E-state index contributed by atoms with van der Waals surface area (Å²) in [5, 5.41) is 10.8. The summed E-state index contributed by atoms with van der Waals surface area (Å²) in [6.45, 7) is 8.02. The monoisotopic (exact) mass is 406 g/mol. The first-order valence-corrected chi connectivity index (χ1v) is 10.1. The lowest BCUT2D eigenvalue weighted by Gasteiger charge is -2.25. The second kappa shape index (κ2) is 12.0. The maximum absolute atomic E-state index is 12.9. The number of carbonyl (C=O) groups is 4. The van der Waals surface area contributed by atoms with Gasteiger partial charge in [-0.1, -0.05) is 45.9 Å². The van der Waals surface area contributed by atoms with E-state index in [0.29, 0.717) is 13.0 Å². The van der Waals surface area contributed by atoms with Crippen LogP contribution in [-0.4, -0.2) is 49.3 Å². The molecule has 4 amide bonds. The number of carbonyl (C=O) groups excluding carboxylic acids is 4. The summed E-state index contributed by atoms with van der Waals surface area (Å²) >= 11 is 0. The van der Waals surface area contributed by atoms with E-state index in [1.165, 1.54) is 13.1 Å². The van der Waals surface area contributed by atoms with Crippen LogP contribution in [0.25, 0.3) is 0 Å². The van der Waals surface area contributed by atoms with Crippen molar-refractivity contribution >= 4 is 23.6 Å². The summed E-state index contributed by atoms with van der Waals surface area (Å²) in [6.07, 6.45) is 7.14. The average Bonchev–Trinajstić information content (AvgIpc) is 2.65. The van der Waals surface area contributed by atoms with Gasteiger partial charge in [-0.05, 0) is 18.3 Å². The van der Waals surface area contributed by atoms with Crippen molar-refractivity contribution in [3.05, 3.63) is 24.3 Å². The van der Waals surface area contributed by atoms with Crippen molar-refractivity contribution < 1.29 is 19.2 Å². The zero-order chi connectivity index (χ0) is 22.0. The standard InChI is InChI=1S/C21H34N4O4/c1-13(2)16-9-10-18(27)23-11-7-6-8-15(20(28)24-16)12-17(26)19(14(3)4)25-21(29)22-5/h6,8-10,13-16,19H,7,11-12H2,1-5H3,(H,23,27)(H,24,28)(H2,22,25,29)/b8-6+,10-9+/t15-,16-,19+/m1/s1. The molecule has 0 aromatic heterocycles. The zero-order valence-corrected chi connectivity index (χ0v) is 18.0. The molecule has 0 bridgehead atoms. The first-order valence-electron chi connectivity index (χ1n) is 10.1. The molecule has 29 heavy (non-hydrogen) atoms. The van der Waals surface area contributed by atoms with Gasteiger partial charge < -0.3 is 21.3 Å². The van der Waals surface area contributed by atoms with Gasteiger partial charge in [0.15, 0.2) is 5.78 Å². The van der Waals surface area contributed by atoms with Crippen molar-refractivity contribution in [3.63, 3.8) is 0 Å². The van der Waals surface area contributed by atoms with E-state index in [1.807, 2.05) is 27.7 Å². The first kappa shape index (κ1) is 24.4. The molecule has 0 aromatic rings. The van der Waals surface area contributed by atoms with Gasteiger partial charge in [0.2, 0.25) is 11.8 Å². The minimum Gasteiger partial charge on any atom is -0.352 e. The highest BCUT2D eigenvalue weighted by atomic mass is 16.2. The highest BCUT2D eigenvalue weighted by Crippen LogP contribution is 2.15. The Kier molecular flexibility index (Phi) is 10.1. The average molecular weight is 407 g/mol. The topological polar surface area (TPSA) is 116 Å². The second-order valence-corrected chi connectivity index (χ2v) is 7.87. The molecular weight excluding hydrogens is 372 g/mol. The first-order chi connectivity index (χ1) is 13.6. The number of hydrogen-bond donors (Lipinski definition) is 4. The summed E-state index contributed by atoms with van der Waals surface area (Å²) in [4.78, 5) is 49.2. The minimum atomic E-state index is -0.683. The SMILES string of the molecule is CNC(=O)N[C@H](C(=O)C[C@H]1/C=C/CCNC(=O)/C=C/[C@H](C(C)C)NC1=O)C(C)C. The van der Waals surface area contributed by atoms with Crippen molar-refractivity contribution in [2.45, 2.75) is 52.6 Å². The lowest BCUT2D eigenvalue weighted by molar-refractivity contribution is -0.129. The quantitative estimate of drug-likeness (QED) is 0.497. The highest BCUT2D eigenvalue weighted by molar-refractivity contribution is 5.93. The summed E-state index contributed by atoms with van der Waals surface area (Å²) < 4.78 is 0. The normalized spacial score (nSPS) is 23.8. The van der Waals surface area contributed by atoms with Gasteiger partial charge in [-0.2, -0.15) is 0 Å². The zero-order valence-electron chi connectivity index (χ0n) is 18.0. The minimum absolute atomic E-state index is 0.0178. The molecule has 0 aliphatic carbocycles. The molecule has 0 saturated heterocycles. The summed E-state index contributed by atoms with van der Waals surface area (Å²) in [5.74, 6) is -1.37. The Hall–Kier alpha value is -2.64. The van der Waals surface area contributed by atoms with Crippen LogP contribution in [0.5, 0.6) is 0 Å². The van der Waals surface area contributed by atoms with E-state index in [4.69, 9.17) is 0 Å². The smallest absolute Gasteiger partial charge is 0.315 e. The third-order valence-electron chi connectivity index (χ3n) is 4.75. The predicted molar refractivity (Wildman–Crippen MR) is 112 cm³/mol. The number of ketones is 1. The predicted octanol–water partition coefficient (Wildman–Crippen LogP) is 1.29. The third-order valence-corrected chi connectivity index (χ3v) is 4.75. The molecule has 0 aromatic carbocycles. The van der Waals surface area contributed by atoms with Crippen molar-refractivity contribution in [1.29, 1.82) is 0 Å². The molecule has 1 rings (SSSR count). The lowest BCUT2D eigenvalue weighted by atomic mass is 9.91. The summed E-state index contributed by atoms with van der Waals surface area (Å²) in [5.41, 5.74) is 0. The summed E-state index contributed by atoms with van der Waals surface area (Å²) in [7, 11) is 1.48. The van der Waals surface area contributed by atoms with Gasteiger partial charge in [0.25, 0.3) is 0 Å². The van der Waals surface area contributed by atoms with Crippen molar-refractivity contribution in [2.24, 2.45) is 17.8 Å². The van der Waals surface area contributed by atoms with Crippen LogP contribution in [0.2, 0.25) is 0 Å². The largest absolute Gasteiger partial charge is 0.352 e. The molecule has 0 saturated carbocycles. The van der Waals surface area contributed by atoms with Crippen LogP contribution in [-0.2, 0) is 14.4 Å². The fourth-order valence-corrected chi connectivity index (χ4v) is 2.92. The Labute approximate surface area is 172 Å². The summed E-state index contributed by atoms with van der Waals surface area (Å²) in [6, 6.07) is -1.45. The molecule has 8 heteroatoms. The van der Waals surface area contributed by atoms with Gasteiger partial charge in [0, 0.05) is 32.1 Å². The Morgan fingerprint density at radius 3 is 2.45 bits per heavy atom.